The van der Waals surface area contributed by atoms with Gasteiger partial charge < -0.3 is 5.32 Å². The summed E-state index contributed by atoms with van der Waals surface area (Å²) in [6, 6.07) is 5.55. The lowest BCUT2D eigenvalue weighted by Gasteiger charge is -2.13. The molecule has 0 aliphatic heterocycles. The fourth-order valence-corrected chi connectivity index (χ4v) is 1.45. The van der Waals surface area contributed by atoms with Crippen LogP contribution in [0, 0.1) is 23.0 Å². The summed E-state index contributed by atoms with van der Waals surface area (Å²) in [6.45, 7) is 2.33. The third-order valence-electron chi connectivity index (χ3n) is 2.35. The minimum Gasteiger partial charge on any atom is -0.309 e. The lowest BCUT2D eigenvalue weighted by Crippen LogP contribution is -2.27. The molecule has 4 heteroatoms. The van der Waals surface area contributed by atoms with Gasteiger partial charge in [0.05, 0.1) is 12.5 Å². The van der Waals surface area contributed by atoms with E-state index in [4.69, 9.17) is 5.26 Å². The van der Waals surface area contributed by atoms with Crippen molar-refractivity contribution in [1.29, 1.82) is 5.26 Å². The average molecular weight is 224 g/mol. The molecule has 1 atom stereocenters. The normalized spacial score (nSPS) is 12.1. The van der Waals surface area contributed by atoms with Gasteiger partial charge in [0.15, 0.2) is 0 Å². The van der Waals surface area contributed by atoms with Crippen molar-refractivity contribution in [2.24, 2.45) is 0 Å². The molecule has 1 aromatic carbocycles. The first-order chi connectivity index (χ1) is 7.65. The van der Waals surface area contributed by atoms with Crippen LogP contribution in [0.4, 0.5) is 8.78 Å². The topological polar surface area (TPSA) is 35.8 Å². The number of hydrogen-bond acceptors (Lipinski definition) is 2. The monoisotopic (exact) mass is 224 g/mol. The van der Waals surface area contributed by atoms with E-state index >= 15 is 0 Å². The molecule has 1 rings (SSSR count). The largest absolute Gasteiger partial charge is 0.309 e. The highest BCUT2D eigenvalue weighted by molar-refractivity contribution is 5.17. The first-order valence-electron chi connectivity index (χ1n) is 5.21. The molecule has 0 saturated carbocycles. The minimum absolute atomic E-state index is 0.0660. The highest BCUT2D eigenvalue weighted by Gasteiger charge is 2.06. The molecule has 0 aromatic heterocycles. The van der Waals surface area contributed by atoms with E-state index in [0.29, 0.717) is 18.5 Å². The predicted octanol–water partition coefficient (Wildman–Crippen LogP) is 2.75. The van der Waals surface area contributed by atoms with Gasteiger partial charge in [0.25, 0.3) is 0 Å². The SMILES string of the molecule is CCC(CC#N)NCc1cc(F)cc(F)c1. The van der Waals surface area contributed by atoms with Crippen molar-refractivity contribution in [2.75, 3.05) is 0 Å². The molecule has 0 bridgehead atoms. The van der Waals surface area contributed by atoms with E-state index in [2.05, 4.69) is 11.4 Å². The van der Waals surface area contributed by atoms with Crippen molar-refractivity contribution in [3.63, 3.8) is 0 Å². The van der Waals surface area contributed by atoms with Gasteiger partial charge >= 0.3 is 0 Å². The smallest absolute Gasteiger partial charge is 0.126 e. The van der Waals surface area contributed by atoms with Crippen LogP contribution in [0.5, 0.6) is 0 Å². The van der Waals surface area contributed by atoms with E-state index in [1.807, 2.05) is 6.92 Å². The van der Waals surface area contributed by atoms with Crippen LogP contribution in [0.3, 0.4) is 0 Å². The van der Waals surface area contributed by atoms with Gasteiger partial charge in [0, 0.05) is 18.7 Å². The predicted molar refractivity (Wildman–Crippen MR) is 57.5 cm³/mol. The standard InChI is InChI=1S/C12H14F2N2/c1-2-12(3-4-15)16-8-9-5-10(13)7-11(14)6-9/h5-7,12,16H,2-3,8H2,1H3. The molecule has 0 heterocycles. The summed E-state index contributed by atoms with van der Waals surface area (Å²) in [5, 5.41) is 11.6. The number of halogens is 2. The molecule has 0 saturated heterocycles. The number of hydrogen-bond donors (Lipinski definition) is 1. The molecule has 86 valence electrons. The second kappa shape index (κ2) is 6.19. The van der Waals surface area contributed by atoms with Crippen molar-refractivity contribution in [2.45, 2.75) is 32.4 Å². The molecule has 0 aliphatic rings. The van der Waals surface area contributed by atoms with Gasteiger partial charge in [0.2, 0.25) is 0 Å². The summed E-state index contributed by atoms with van der Waals surface area (Å²) in [6.07, 6.45) is 1.21. The maximum absolute atomic E-state index is 12.9. The summed E-state index contributed by atoms with van der Waals surface area (Å²) in [5.74, 6) is -1.16. The zero-order valence-electron chi connectivity index (χ0n) is 9.13. The number of rotatable bonds is 5. The molecule has 1 unspecified atom stereocenters. The fraction of sp³-hybridized carbons (Fsp3) is 0.417. The number of nitriles is 1. The third kappa shape index (κ3) is 3.95. The van der Waals surface area contributed by atoms with Crippen LogP contribution in [0.25, 0.3) is 0 Å². The summed E-state index contributed by atoms with van der Waals surface area (Å²) in [4.78, 5) is 0. The van der Waals surface area contributed by atoms with Crippen molar-refractivity contribution in [3.05, 3.63) is 35.4 Å². The Hall–Kier alpha value is -1.47. The van der Waals surface area contributed by atoms with Gasteiger partial charge in [-0.25, -0.2) is 8.78 Å². The van der Waals surface area contributed by atoms with Gasteiger partial charge in [-0.15, -0.1) is 0 Å². The van der Waals surface area contributed by atoms with E-state index < -0.39 is 11.6 Å². The minimum atomic E-state index is -0.579. The van der Waals surface area contributed by atoms with Gasteiger partial charge in [-0.3, -0.25) is 0 Å². The van der Waals surface area contributed by atoms with E-state index in [0.717, 1.165) is 12.5 Å². The highest BCUT2D eigenvalue weighted by atomic mass is 19.1. The van der Waals surface area contributed by atoms with Crippen molar-refractivity contribution >= 4 is 0 Å². The van der Waals surface area contributed by atoms with Crippen LogP contribution in [-0.4, -0.2) is 6.04 Å². The lowest BCUT2D eigenvalue weighted by molar-refractivity contribution is 0.500. The maximum atomic E-state index is 12.9. The molecular formula is C12H14F2N2. The zero-order chi connectivity index (χ0) is 12.0. The molecule has 0 amide bonds. The summed E-state index contributed by atoms with van der Waals surface area (Å²) in [5.41, 5.74) is 0.550. The first kappa shape index (κ1) is 12.6. The fourth-order valence-electron chi connectivity index (χ4n) is 1.45. The van der Waals surface area contributed by atoms with Crippen LogP contribution in [-0.2, 0) is 6.54 Å². The summed E-state index contributed by atoms with van der Waals surface area (Å²) in [7, 11) is 0. The Labute approximate surface area is 93.9 Å². The van der Waals surface area contributed by atoms with E-state index in [1.165, 1.54) is 12.1 Å². The molecule has 0 aliphatic carbocycles. The molecule has 16 heavy (non-hydrogen) atoms. The van der Waals surface area contributed by atoms with E-state index in [9.17, 15) is 8.78 Å². The molecule has 0 radical (unpaired) electrons. The van der Waals surface area contributed by atoms with Gasteiger partial charge in [-0.05, 0) is 24.1 Å². The quantitative estimate of drug-likeness (QED) is 0.834. The van der Waals surface area contributed by atoms with Crippen LogP contribution in [0.1, 0.15) is 25.3 Å². The number of nitrogens with zero attached hydrogens (tertiary/aromatic N) is 1. The number of nitrogens with one attached hydrogen (secondary N) is 1. The Morgan fingerprint density at radius 1 is 1.31 bits per heavy atom. The van der Waals surface area contributed by atoms with Gasteiger partial charge in [-0.1, -0.05) is 6.92 Å². The maximum Gasteiger partial charge on any atom is 0.126 e. The molecule has 0 fully saturated rings. The molecule has 0 spiro atoms. The van der Waals surface area contributed by atoms with Crippen LogP contribution in [0.15, 0.2) is 18.2 Å². The average Bonchev–Trinajstić information content (AvgIpc) is 2.23. The Balaban J connectivity index is 2.57. The zero-order valence-corrected chi connectivity index (χ0v) is 9.13. The molecule has 2 nitrogen and oxygen atoms in total. The Bertz CT molecular complexity index is 365. The summed E-state index contributed by atoms with van der Waals surface area (Å²) >= 11 is 0. The van der Waals surface area contributed by atoms with E-state index in [1.54, 1.807) is 0 Å². The van der Waals surface area contributed by atoms with Crippen molar-refractivity contribution in [1.82, 2.24) is 5.32 Å². The van der Waals surface area contributed by atoms with E-state index in [-0.39, 0.29) is 6.04 Å². The Morgan fingerprint density at radius 3 is 2.44 bits per heavy atom. The van der Waals surface area contributed by atoms with Crippen LogP contribution < -0.4 is 5.32 Å². The third-order valence-corrected chi connectivity index (χ3v) is 2.35. The Morgan fingerprint density at radius 2 is 1.94 bits per heavy atom. The highest BCUT2D eigenvalue weighted by Crippen LogP contribution is 2.08. The molecule has 1 N–H and O–H groups in total. The van der Waals surface area contributed by atoms with Crippen molar-refractivity contribution in [3.8, 4) is 6.07 Å². The summed E-state index contributed by atoms with van der Waals surface area (Å²) < 4.78 is 25.7. The van der Waals surface area contributed by atoms with Crippen LogP contribution in [0.2, 0.25) is 0 Å². The first-order valence-corrected chi connectivity index (χ1v) is 5.21. The van der Waals surface area contributed by atoms with Crippen molar-refractivity contribution < 1.29 is 8.78 Å². The van der Waals surface area contributed by atoms with Gasteiger partial charge in [0.1, 0.15) is 11.6 Å². The second-order valence-corrected chi connectivity index (χ2v) is 3.63. The second-order valence-electron chi connectivity index (χ2n) is 3.63. The Kier molecular flexibility index (Phi) is 4.87. The molecule has 1 aromatic rings. The number of benzene rings is 1. The van der Waals surface area contributed by atoms with Gasteiger partial charge in [-0.2, -0.15) is 5.26 Å². The molecular weight excluding hydrogens is 210 g/mol. The van der Waals surface area contributed by atoms with Crippen LogP contribution >= 0.6 is 0 Å². The lowest BCUT2D eigenvalue weighted by atomic mass is 10.1.